The highest BCUT2D eigenvalue weighted by Crippen LogP contribution is 2.65. The van der Waals surface area contributed by atoms with Gasteiger partial charge in [0.25, 0.3) is 5.60 Å². The second-order valence-corrected chi connectivity index (χ2v) is 7.79. The summed E-state index contributed by atoms with van der Waals surface area (Å²) < 4.78 is 159. The van der Waals surface area contributed by atoms with Crippen LogP contribution in [0, 0.1) is 5.41 Å². The van der Waals surface area contributed by atoms with E-state index in [1.54, 1.807) is 0 Å². The van der Waals surface area contributed by atoms with Gasteiger partial charge in [0, 0.05) is 6.42 Å². The lowest BCUT2D eigenvalue weighted by molar-refractivity contribution is -0.536. The van der Waals surface area contributed by atoms with Gasteiger partial charge in [-0.25, -0.2) is 0 Å². The Kier molecular flexibility index (Phi) is 6.53. The van der Waals surface area contributed by atoms with E-state index in [1.165, 1.54) is 6.92 Å². The molecule has 0 aromatic carbocycles. The van der Waals surface area contributed by atoms with Crippen LogP contribution >= 0.6 is 0 Å². The molecule has 1 aliphatic rings. The molecule has 0 aromatic rings. The van der Waals surface area contributed by atoms with Gasteiger partial charge >= 0.3 is 36.2 Å². The van der Waals surface area contributed by atoms with Crippen LogP contribution in [-0.2, 0) is 14.3 Å². The number of hydrogen-bond donors (Lipinski definition) is 1. The summed E-state index contributed by atoms with van der Waals surface area (Å²) in [6.45, 7) is 3.35. The number of ether oxygens (including phenoxy) is 2. The van der Waals surface area contributed by atoms with Crippen LogP contribution in [0.25, 0.3) is 0 Å². The zero-order valence-electron chi connectivity index (χ0n) is 16.5. The highest BCUT2D eigenvalue weighted by molar-refractivity contribution is 5.76. The SMILES string of the molecule is CCC(C)(C)C(=O)OC1(C(F)(F)F)CC(CC)(C(F)(F)F)OC(O)(C(F)(F)F)C1(F)F. The fraction of sp³-hybridized carbons (Fsp3) is 0.938. The zero-order chi connectivity index (χ0) is 25.1. The highest BCUT2D eigenvalue weighted by Gasteiger charge is 2.92. The molecule has 0 radical (unpaired) electrons. The van der Waals surface area contributed by atoms with E-state index >= 15 is 0 Å². The average molecular weight is 484 g/mol. The molecule has 1 saturated heterocycles. The van der Waals surface area contributed by atoms with Gasteiger partial charge in [-0.15, -0.1) is 0 Å². The monoisotopic (exact) mass is 484 g/mol. The number of alkyl halides is 11. The Morgan fingerprint density at radius 1 is 0.935 bits per heavy atom. The summed E-state index contributed by atoms with van der Waals surface area (Å²) in [5, 5.41) is 9.55. The van der Waals surface area contributed by atoms with E-state index in [9.17, 15) is 58.2 Å². The van der Waals surface area contributed by atoms with E-state index in [4.69, 9.17) is 0 Å². The van der Waals surface area contributed by atoms with Gasteiger partial charge in [0.15, 0.2) is 5.60 Å². The topological polar surface area (TPSA) is 55.8 Å². The molecule has 1 aliphatic heterocycles. The largest absolute Gasteiger partial charge is 0.449 e. The predicted octanol–water partition coefficient (Wildman–Crippen LogP) is 5.28. The number of carbonyl (C=O) groups is 1. The minimum absolute atomic E-state index is 0.371. The van der Waals surface area contributed by atoms with Crippen molar-refractivity contribution < 1.29 is 67.7 Å². The van der Waals surface area contributed by atoms with Crippen molar-refractivity contribution in [1.29, 1.82) is 0 Å². The number of rotatable bonds is 4. The highest BCUT2D eigenvalue weighted by atomic mass is 19.4. The first-order valence-corrected chi connectivity index (χ1v) is 8.65. The Hall–Kier alpha value is -1.38. The molecule has 184 valence electrons. The summed E-state index contributed by atoms with van der Waals surface area (Å²) in [7, 11) is 0. The van der Waals surface area contributed by atoms with Crippen LogP contribution in [-0.4, -0.2) is 52.5 Å². The molecule has 15 heteroatoms. The standard InChI is InChI=1S/C16H19F11O4/c1-5-9(3,4)8(28)30-11(15(22,23)24)7-10(6-2,14(19,20)21)31-13(29,12(11,17)18)16(25,26)27/h29H,5-7H2,1-4H3. The summed E-state index contributed by atoms with van der Waals surface area (Å²) in [5.41, 5.74) is -12.3. The van der Waals surface area contributed by atoms with Gasteiger partial charge in [-0.3, -0.25) is 4.79 Å². The third kappa shape index (κ3) is 3.85. The molecule has 31 heavy (non-hydrogen) atoms. The number of aliphatic hydroxyl groups is 1. The summed E-state index contributed by atoms with van der Waals surface area (Å²) in [4.78, 5) is 12.2. The molecule has 0 bridgehead atoms. The zero-order valence-corrected chi connectivity index (χ0v) is 16.5. The molecule has 3 atom stereocenters. The summed E-state index contributed by atoms with van der Waals surface area (Å²) in [6, 6.07) is 0. The molecule has 0 aliphatic carbocycles. The Morgan fingerprint density at radius 3 is 1.68 bits per heavy atom. The van der Waals surface area contributed by atoms with Gasteiger partial charge in [-0.1, -0.05) is 13.8 Å². The second-order valence-electron chi connectivity index (χ2n) is 7.79. The number of esters is 1. The van der Waals surface area contributed by atoms with Crippen LogP contribution in [0.3, 0.4) is 0 Å². The van der Waals surface area contributed by atoms with Crippen molar-refractivity contribution in [2.75, 3.05) is 0 Å². The van der Waals surface area contributed by atoms with Gasteiger partial charge in [0.1, 0.15) is 0 Å². The lowest BCUT2D eigenvalue weighted by atomic mass is 9.72. The Bertz CT molecular complexity index is 697. The second kappa shape index (κ2) is 7.32. The summed E-state index contributed by atoms with van der Waals surface area (Å²) in [6.07, 6.45) is -24.8. The molecular formula is C16H19F11O4. The molecule has 1 heterocycles. The Morgan fingerprint density at radius 2 is 1.39 bits per heavy atom. The molecule has 1 rings (SSSR count). The van der Waals surface area contributed by atoms with Crippen molar-refractivity contribution in [2.24, 2.45) is 5.41 Å². The molecule has 0 spiro atoms. The third-order valence-corrected chi connectivity index (χ3v) is 5.44. The predicted molar refractivity (Wildman–Crippen MR) is 79.7 cm³/mol. The number of carbonyl (C=O) groups excluding carboxylic acids is 1. The lowest BCUT2D eigenvalue weighted by Crippen LogP contribution is -2.82. The van der Waals surface area contributed by atoms with Crippen molar-refractivity contribution in [1.82, 2.24) is 0 Å². The van der Waals surface area contributed by atoms with Gasteiger partial charge < -0.3 is 14.6 Å². The average Bonchev–Trinajstić information content (AvgIpc) is 2.55. The molecule has 1 fully saturated rings. The Balaban J connectivity index is 4.05. The van der Waals surface area contributed by atoms with Gasteiger partial charge in [0.2, 0.25) is 0 Å². The maximum atomic E-state index is 14.8. The normalized spacial score (nSPS) is 32.6. The van der Waals surface area contributed by atoms with Crippen LogP contribution < -0.4 is 0 Å². The van der Waals surface area contributed by atoms with E-state index in [1.807, 2.05) is 0 Å². The molecule has 4 nitrogen and oxygen atoms in total. The van der Waals surface area contributed by atoms with Crippen molar-refractivity contribution in [3.05, 3.63) is 0 Å². The van der Waals surface area contributed by atoms with Crippen molar-refractivity contribution in [3.63, 3.8) is 0 Å². The van der Waals surface area contributed by atoms with Crippen molar-refractivity contribution >= 4 is 5.97 Å². The van der Waals surface area contributed by atoms with E-state index in [0.29, 0.717) is 6.92 Å². The van der Waals surface area contributed by atoms with Crippen LogP contribution in [0.2, 0.25) is 0 Å². The summed E-state index contributed by atoms with van der Waals surface area (Å²) >= 11 is 0. The smallest absolute Gasteiger partial charge is 0.442 e. The number of hydrogen-bond acceptors (Lipinski definition) is 4. The molecule has 1 N–H and O–H groups in total. The molecule has 3 unspecified atom stereocenters. The molecule has 0 saturated carbocycles. The fourth-order valence-electron chi connectivity index (χ4n) is 2.84. The first-order valence-electron chi connectivity index (χ1n) is 8.65. The van der Waals surface area contributed by atoms with Gasteiger partial charge in [-0.2, -0.15) is 48.3 Å². The maximum absolute atomic E-state index is 14.8. The van der Waals surface area contributed by atoms with Gasteiger partial charge in [0.05, 0.1) is 5.41 Å². The minimum Gasteiger partial charge on any atom is -0.442 e. The Labute approximate surface area is 168 Å². The van der Waals surface area contributed by atoms with Crippen LogP contribution in [0.15, 0.2) is 0 Å². The minimum atomic E-state index is -6.86. The van der Waals surface area contributed by atoms with E-state index < -0.39 is 65.7 Å². The van der Waals surface area contributed by atoms with E-state index in [-0.39, 0.29) is 6.42 Å². The first-order chi connectivity index (χ1) is 13.4. The number of halogens is 11. The fourth-order valence-corrected chi connectivity index (χ4v) is 2.84. The quantitative estimate of drug-likeness (QED) is 0.436. The van der Waals surface area contributed by atoms with E-state index in [2.05, 4.69) is 9.47 Å². The van der Waals surface area contributed by atoms with Crippen LogP contribution in [0.5, 0.6) is 0 Å². The molecule has 0 aromatic heterocycles. The first kappa shape index (κ1) is 27.7. The molecule has 0 amide bonds. The van der Waals surface area contributed by atoms with Gasteiger partial charge in [-0.05, 0) is 26.7 Å². The van der Waals surface area contributed by atoms with Crippen molar-refractivity contribution in [2.45, 2.75) is 88.4 Å². The van der Waals surface area contributed by atoms with Crippen LogP contribution in [0.4, 0.5) is 48.3 Å². The lowest BCUT2D eigenvalue weighted by Gasteiger charge is -2.57. The van der Waals surface area contributed by atoms with E-state index in [0.717, 1.165) is 13.8 Å². The van der Waals surface area contributed by atoms with Crippen molar-refractivity contribution in [3.8, 4) is 0 Å². The maximum Gasteiger partial charge on any atom is 0.449 e. The van der Waals surface area contributed by atoms with Crippen LogP contribution in [0.1, 0.15) is 47.0 Å². The summed E-state index contributed by atoms with van der Waals surface area (Å²) in [5.74, 6) is -15.1. The third-order valence-electron chi connectivity index (χ3n) is 5.44. The molecular weight excluding hydrogens is 465 g/mol.